The number of fused-ring (bicyclic) bond motifs is 1. The van der Waals surface area contributed by atoms with Crippen LogP contribution in [0.5, 0.6) is 11.5 Å². The molecule has 4 nitrogen and oxygen atoms in total. The van der Waals surface area contributed by atoms with E-state index in [4.69, 9.17) is 9.47 Å². The van der Waals surface area contributed by atoms with Gasteiger partial charge in [0.25, 0.3) is 5.91 Å². The molecular formula is C19H23NO3S. The van der Waals surface area contributed by atoms with Crippen LogP contribution in [-0.4, -0.2) is 19.6 Å². The summed E-state index contributed by atoms with van der Waals surface area (Å²) in [5, 5.41) is 2.96. The van der Waals surface area contributed by atoms with Crippen LogP contribution < -0.4 is 14.8 Å². The summed E-state index contributed by atoms with van der Waals surface area (Å²) in [7, 11) is 1.60. The summed E-state index contributed by atoms with van der Waals surface area (Å²) in [5.41, 5.74) is 2.05. The van der Waals surface area contributed by atoms with Crippen LogP contribution in [-0.2, 0) is 12.8 Å². The quantitative estimate of drug-likeness (QED) is 0.866. The van der Waals surface area contributed by atoms with Crippen LogP contribution in [0.1, 0.15) is 40.4 Å². The van der Waals surface area contributed by atoms with Gasteiger partial charge in [0.15, 0.2) is 11.5 Å². The van der Waals surface area contributed by atoms with Crippen molar-refractivity contribution < 1.29 is 14.3 Å². The second kappa shape index (κ2) is 7.26. The number of thiophene rings is 1. The maximum absolute atomic E-state index is 12.6. The molecule has 2 aromatic rings. The van der Waals surface area contributed by atoms with Crippen LogP contribution in [0.4, 0.5) is 5.69 Å². The number of aryl methyl sites for hydroxylation is 1. The SMILES string of the molecule is CCOc1ccc(NC(=O)c2cc3c(s2)CC[C@@H](C)C3)cc1OC. The van der Waals surface area contributed by atoms with E-state index in [2.05, 4.69) is 18.3 Å². The van der Waals surface area contributed by atoms with Gasteiger partial charge in [-0.15, -0.1) is 11.3 Å². The standard InChI is InChI=1S/C19H23NO3S/c1-4-23-15-7-6-14(11-16(15)22-3)20-19(21)18-10-13-9-12(2)5-8-17(13)24-18/h6-7,10-12H,4-5,8-9H2,1-3H3,(H,20,21)/t12-/m1/s1. The molecule has 0 fully saturated rings. The molecule has 1 aromatic carbocycles. The van der Waals surface area contributed by atoms with Crippen LogP contribution in [0.25, 0.3) is 0 Å². The zero-order valence-electron chi connectivity index (χ0n) is 14.3. The third-order valence-electron chi connectivity index (χ3n) is 4.27. The van der Waals surface area contributed by atoms with Gasteiger partial charge in [0.1, 0.15) is 0 Å². The molecular weight excluding hydrogens is 322 g/mol. The number of ether oxygens (including phenoxy) is 2. The minimum absolute atomic E-state index is 0.0618. The van der Waals surface area contributed by atoms with Crippen molar-refractivity contribution in [3.8, 4) is 11.5 Å². The highest BCUT2D eigenvalue weighted by Crippen LogP contribution is 2.33. The van der Waals surface area contributed by atoms with E-state index < -0.39 is 0 Å². The zero-order chi connectivity index (χ0) is 17.1. The first kappa shape index (κ1) is 16.8. The Bertz CT molecular complexity index is 738. The molecule has 0 saturated carbocycles. The highest BCUT2D eigenvalue weighted by molar-refractivity contribution is 7.14. The molecule has 1 aliphatic rings. The van der Waals surface area contributed by atoms with Crippen molar-refractivity contribution in [2.45, 2.75) is 33.1 Å². The summed E-state index contributed by atoms with van der Waals surface area (Å²) >= 11 is 1.62. The molecule has 0 radical (unpaired) electrons. The van der Waals surface area contributed by atoms with E-state index in [0.717, 1.165) is 17.7 Å². The van der Waals surface area contributed by atoms with Crippen molar-refractivity contribution in [3.05, 3.63) is 39.6 Å². The normalized spacial score (nSPS) is 16.4. The molecule has 0 unspecified atom stereocenters. The Kier molecular flexibility index (Phi) is 5.09. The molecule has 0 spiro atoms. The fourth-order valence-corrected chi connectivity index (χ4v) is 4.13. The fourth-order valence-electron chi connectivity index (χ4n) is 3.03. The second-order valence-corrected chi connectivity index (χ2v) is 7.30. The molecule has 1 aliphatic carbocycles. The molecule has 0 aliphatic heterocycles. The minimum Gasteiger partial charge on any atom is -0.493 e. The number of amides is 1. The number of nitrogens with one attached hydrogen (secondary N) is 1. The van der Waals surface area contributed by atoms with E-state index in [1.54, 1.807) is 24.5 Å². The van der Waals surface area contributed by atoms with Crippen molar-refractivity contribution in [3.63, 3.8) is 0 Å². The number of hydrogen-bond donors (Lipinski definition) is 1. The maximum Gasteiger partial charge on any atom is 0.265 e. The number of methoxy groups -OCH3 is 1. The maximum atomic E-state index is 12.6. The molecule has 1 aromatic heterocycles. The highest BCUT2D eigenvalue weighted by atomic mass is 32.1. The predicted octanol–water partition coefficient (Wildman–Crippen LogP) is 4.53. The molecule has 1 atom stereocenters. The Morgan fingerprint density at radius 3 is 2.92 bits per heavy atom. The van der Waals surface area contributed by atoms with Crippen LogP contribution in [0.15, 0.2) is 24.3 Å². The average molecular weight is 345 g/mol. The molecule has 3 rings (SSSR count). The van der Waals surface area contributed by atoms with Gasteiger partial charge in [-0.25, -0.2) is 0 Å². The van der Waals surface area contributed by atoms with Crippen molar-refractivity contribution in [2.75, 3.05) is 19.0 Å². The first-order valence-electron chi connectivity index (χ1n) is 8.34. The molecule has 24 heavy (non-hydrogen) atoms. The monoisotopic (exact) mass is 345 g/mol. The molecule has 1 heterocycles. The lowest BCUT2D eigenvalue weighted by molar-refractivity contribution is 0.103. The first-order valence-corrected chi connectivity index (χ1v) is 9.16. The number of rotatable bonds is 5. The summed E-state index contributed by atoms with van der Waals surface area (Å²) in [6.07, 6.45) is 3.38. The number of carbonyl (C=O) groups is 1. The van der Waals surface area contributed by atoms with E-state index in [0.29, 0.717) is 29.7 Å². The van der Waals surface area contributed by atoms with Crippen molar-refractivity contribution in [2.24, 2.45) is 5.92 Å². The van der Waals surface area contributed by atoms with Gasteiger partial charge in [0.05, 0.1) is 18.6 Å². The predicted molar refractivity (Wildman–Crippen MR) is 97.6 cm³/mol. The fraction of sp³-hybridized carbons (Fsp3) is 0.421. The Hall–Kier alpha value is -2.01. The third kappa shape index (κ3) is 3.56. The average Bonchev–Trinajstić information content (AvgIpc) is 2.99. The molecule has 1 N–H and O–H groups in total. The summed E-state index contributed by atoms with van der Waals surface area (Å²) in [4.78, 5) is 14.7. The van der Waals surface area contributed by atoms with E-state index >= 15 is 0 Å². The van der Waals surface area contributed by atoms with Gasteiger partial charge in [-0.2, -0.15) is 0 Å². The number of anilines is 1. The van der Waals surface area contributed by atoms with Crippen molar-refractivity contribution in [1.82, 2.24) is 0 Å². The van der Waals surface area contributed by atoms with Gasteiger partial charge >= 0.3 is 0 Å². The Labute approximate surface area is 146 Å². The summed E-state index contributed by atoms with van der Waals surface area (Å²) in [5.74, 6) is 1.94. The summed E-state index contributed by atoms with van der Waals surface area (Å²) in [6, 6.07) is 7.50. The third-order valence-corrected chi connectivity index (χ3v) is 5.51. The van der Waals surface area contributed by atoms with E-state index in [-0.39, 0.29) is 5.91 Å². The Balaban J connectivity index is 1.75. The van der Waals surface area contributed by atoms with Gasteiger partial charge < -0.3 is 14.8 Å². The molecule has 5 heteroatoms. The van der Waals surface area contributed by atoms with Crippen LogP contribution in [0.2, 0.25) is 0 Å². The lowest BCUT2D eigenvalue weighted by atomic mass is 9.90. The van der Waals surface area contributed by atoms with E-state index in [1.807, 2.05) is 19.1 Å². The second-order valence-electron chi connectivity index (χ2n) is 6.16. The van der Waals surface area contributed by atoms with Crippen LogP contribution >= 0.6 is 11.3 Å². The van der Waals surface area contributed by atoms with E-state index in [1.165, 1.54) is 16.9 Å². The number of carbonyl (C=O) groups excluding carboxylic acids is 1. The van der Waals surface area contributed by atoms with Crippen molar-refractivity contribution >= 4 is 22.9 Å². The Morgan fingerprint density at radius 1 is 1.33 bits per heavy atom. The van der Waals surface area contributed by atoms with Crippen molar-refractivity contribution in [1.29, 1.82) is 0 Å². The zero-order valence-corrected chi connectivity index (χ0v) is 15.2. The smallest absolute Gasteiger partial charge is 0.265 e. The lowest BCUT2D eigenvalue weighted by Gasteiger charge is -2.16. The molecule has 0 saturated heterocycles. The lowest BCUT2D eigenvalue weighted by Crippen LogP contribution is -2.10. The highest BCUT2D eigenvalue weighted by Gasteiger charge is 2.21. The molecule has 1 amide bonds. The van der Waals surface area contributed by atoms with Gasteiger partial charge in [-0.1, -0.05) is 6.92 Å². The number of hydrogen-bond acceptors (Lipinski definition) is 4. The van der Waals surface area contributed by atoms with Gasteiger partial charge in [0.2, 0.25) is 0 Å². The van der Waals surface area contributed by atoms with Gasteiger partial charge in [0, 0.05) is 16.6 Å². The Morgan fingerprint density at radius 2 is 2.17 bits per heavy atom. The first-order chi connectivity index (χ1) is 11.6. The molecule has 128 valence electrons. The van der Waals surface area contributed by atoms with Crippen LogP contribution in [0, 0.1) is 5.92 Å². The minimum atomic E-state index is -0.0618. The largest absolute Gasteiger partial charge is 0.493 e. The van der Waals surface area contributed by atoms with Crippen LogP contribution in [0.3, 0.4) is 0 Å². The van der Waals surface area contributed by atoms with Gasteiger partial charge in [-0.05, 0) is 55.9 Å². The molecule has 0 bridgehead atoms. The van der Waals surface area contributed by atoms with Gasteiger partial charge in [-0.3, -0.25) is 4.79 Å². The summed E-state index contributed by atoms with van der Waals surface area (Å²) < 4.78 is 10.8. The van der Waals surface area contributed by atoms with E-state index in [9.17, 15) is 4.79 Å². The number of benzene rings is 1. The topological polar surface area (TPSA) is 47.6 Å². The summed E-state index contributed by atoms with van der Waals surface area (Å²) in [6.45, 7) is 4.77.